The molecule has 90 valence electrons. The van der Waals surface area contributed by atoms with Crippen molar-refractivity contribution in [2.75, 3.05) is 13.7 Å². The summed E-state index contributed by atoms with van der Waals surface area (Å²) in [5.41, 5.74) is 5.85. The van der Waals surface area contributed by atoms with Gasteiger partial charge in [0.15, 0.2) is 0 Å². The van der Waals surface area contributed by atoms with Crippen LogP contribution in [0, 0.1) is 0 Å². The van der Waals surface area contributed by atoms with E-state index in [1.54, 1.807) is 7.11 Å². The first-order valence-corrected chi connectivity index (χ1v) is 5.67. The van der Waals surface area contributed by atoms with Gasteiger partial charge in [0.2, 0.25) is 0 Å². The second-order valence-electron chi connectivity index (χ2n) is 3.95. The van der Waals surface area contributed by atoms with Crippen LogP contribution in [0.3, 0.4) is 0 Å². The minimum Gasteiger partial charge on any atom is -0.495 e. The van der Waals surface area contributed by atoms with Crippen molar-refractivity contribution in [2.24, 2.45) is 5.73 Å². The van der Waals surface area contributed by atoms with Crippen molar-refractivity contribution < 1.29 is 9.47 Å². The van der Waals surface area contributed by atoms with Crippen LogP contribution < -0.4 is 15.2 Å². The number of nitrogens with two attached hydrogens (primary N) is 1. The largest absolute Gasteiger partial charge is 0.495 e. The Balaban J connectivity index is 0.00000128. The zero-order valence-corrected chi connectivity index (χ0v) is 11.4. The molecule has 3 nitrogen and oxygen atoms in total. The molecule has 0 heterocycles. The summed E-state index contributed by atoms with van der Waals surface area (Å²) in [5.74, 6) is 1.57. The number of hydrogen-bond acceptors (Lipinski definition) is 3. The van der Waals surface area contributed by atoms with E-state index in [4.69, 9.17) is 15.2 Å². The molecule has 1 saturated carbocycles. The van der Waals surface area contributed by atoms with Crippen molar-refractivity contribution in [1.29, 1.82) is 0 Å². The summed E-state index contributed by atoms with van der Waals surface area (Å²) in [4.78, 5) is 0. The molecule has 0 radical (unpaired) electrons. The lowest BCUT2D eigenvalue weighted by atomic mass is 10.3. The number of benzene rings is 1. The second kappa shape index (κ2) is 5.25. The first kappa shape index (κ1) is 13.6. The highest BCUT2D eigenvalue weighted by Gasteiger charge is 2.39. The fourth-order valence-corrected chi connectivity index (χ4v) is 1.67. The van der Waals surface area contributed by atoms with Crippen LogP contribution in [0.25, 0.3) is 0 Å². The number of halogens is 2. The third-order valence-electron chi connectivity index (χ3n) is 2.54. The number of ether oxygens (including phenoxy) is 2. The Morgan fingerprint density at radius 3 is 2.69 bits per heavy atom. The van der Waals surface area contributed by atoms with Gasteiger partial charge < -0.3 is 15.2 Å². The monoisotopic (exact) mass is 307 g/mol. The van der Waals surface area contributed by atoms with Crippen LogP contribution in [0.4, 0.5) is 0 Å². The minimum atomic E-state index is -0.0830. The van der Waals surface area contributed by atoms with Gasteiger partial charge >= 0.3 is 0 Å². The van der Waals surface area contributed by atoms with Gasteiger partial charge in [-0.2, -0.15) is 0 Å². The van der Waals surface area contributed by atoms with Crippen LogP contribution >= 0.6 is 28.3 Å². The third kappa shape index (κ3) is 3.27. The first-order valence-electron chi connectivity index (χ1n) is 4.88. The average molecular weight is 309 g/mol. The summed E-state index contributed by atoms with van der Waals surface area (Å²) in [7, 11) is 1.63. The fourth-order valence-electron chi connectivity index (χ4n) is 1.26. The zero-order chi connectivity index (χ0) is 10.9. The summed E-state index contributed by atoms with van der Waals surface area (Å²) in [6, 6.07) is 5.67. The van der Waals surface area contributed by atoms with E-state index in [-0.39, 0.29) is 17.9 Å². The topological polar surface area (TPSA) is 44.5 Å². The van der Waals surface area contributed by atoms with Crippen LogP contribution in [0.5, 0.6) is 11.5 Å². The van der Waals surface area contributed by atoms with Crippen molar-refractivity contribution in [3.05, 3.63) is 22.7 Å². The quantitative estimate of drug-likeness (QED) is 0.930. The third-order valence-corrected chi connectivity index (χ3v) is 3.20. The second-order valence-corrected chi connectivity index (χ2v) is 4.80. The summed E-state index contributed by atoms with van der Waals surface area (Å²) in [5, 5.41) is 0. The lowest BCUT2D eigenvalue weighted by Crippen LogP contribution is -2.29. The molecule has 1 aromatic carbocycles. The summed E-state index contributed by atoms with van der Waals surface area (Å²) < 4.78 is 11.7. The highest BCUT2D eigenvalue weighted by atomic mass is 79.9. The molecule has 2 N–H and O–H groups in total. The van der Waals surface area contributed by atoms with Crippen molar-refractivity contribution in [1.82, 2.24) is 0 Å². The van der Waals surface area contributed by atoms with Crippen LogP contribution in [0.15, 0.2) is 22.7 Å². The minimum absolute atomic E-state index is 0. The summed E-state index contributed by atoms with van der Waals surface area (Å²) >= 11 is 3.39. The van der Waals surface area contributed by atoms with E-state index < -0.39 is 0 Å². The standard InChI is InChI=1S/C11H14BrNO2.ClH/c1-14-10-6-8(2-3-9(10)12)15-7-11(13)4-5-11;/h2-3,6H,4-5,7,13H2,1H3;1H. The van der Waals surface area contributed by atoms with Crippen molar-refractivity contribution in [3.8, 4) is 11.5 Å². The lowest BCUT2D eigenvalue weighted by molar-refractivity contribution is 0.277. The SMILES string of the molecule is COc1cc(OCC2(N)CC2)ccc1Br.Cl. The molecule has 1 fully saturated rings. The Morgan fingerprint density at radius 2 is 2.12 bits per heavy atom. The number of rotatable bonds is 4. The Kier molecular flexibility index (Phi) is 4.47. The van der Waals surface area contributed by atoms with Crippen LogP contribution in [-0.2, 0) is 0 Å². The predicted molar refractivity (Wildman–Crippen MR) is 69.6 cm³/mol. The Hall–Kier alpha value is -0.450. The Labute approximate surface area is 110 Å². The predicted octanol–water partition coefficient (Wildman–Crippen LogP) is 2.75. The molecule has 0 saturated heterocycles. The summed E-state index contributed by atoms with van der Waals surface area (Å²) in [6.45, 7) is 0.581. The maximum Gasteiger partial charge on any atom is 0.136 e. The molecule has 0 unspecified atom stereocenters. The van der Waals surface area contributed by atoms with Crippen molar-refractivity contribution >= 4 is 28.3 Å². The maximum atomic E-state index is 5.93. The highest BCUT2D eigenvalue weighted by molar-refractivity contribution is 9.10. The van der Waals surface area contributed by atoms with E-state index in [0.717, 1.165) is 28.8 Å². The van der Waals surface area contributed by atoms with Gasteiger partial charge in [-0.25, -0.2) is 0 Å². The van der Waals surface area contributed by atoms with Gasteiger partial charge in [0, 0.05) is 6.07 Å². The van der Waals surface area contributed by atoms with E-state index >= 15 is 0 Å². The molecular formula is C11H15BrClNO2. The molecule has 0 spiro atoms. The molecule has 5 heteroatoms. The number of methoxy groups -OCH3 is 1. The molecule has 1 aliphatic carbocycles. The molecule has 0 atom stereocenters. The van der Waals surface area contributed by atoms with Crippen LogP contribution in [-0.4, -0.2) is 19.3 Å². The smallest absolute Gasteiger partial charge is 0.136 e. The zero-order valence-electron chi connectivity index (χ0n) is 9.03. The average Bonchev–Trinajstić information content (AvgIpc) is 2.96. The van der Waals surface area contributed by atoms with Crippen LogP contribution in [0.2, 0.25) is 0 Å². The Morgan fingerprint density at radius 1 is 1.44 bits per heavy atom. The van der Waals surface area contributed by atoms with Gasteiger partial charge in [0.05, 0.1) is 17.1 Å². The maximum absolute atomic E-state index is 5.93. The molecule has 1 aromatic rings. The van der Waals surface area contributed by atoms with Gasteiger partial charge in [0.1, 0.15) is 18.1 Å². The normalized spacial score (nSPS) is 16.2. The number of hydrogen-bond donors (Lipinski definition) is 1. The first-order chi connectivity index (χ1) is 7.13. The van der Waals surface area contributed by atoms with Gasteiger partial charge in [-0.15, -0.1) is 12.4 Å². The van der Waals surface area contributed by atoms with Crippen molar-refractivity contribution in [2.45, 2.75) is 18.4 Å². The van der Waals surface area contributed by atoms with E-state index in [9.17, 15) is 0 Å². The highest BCUT2D eigenvalue weighted by Crippen LogP contribution is 2.34. The summed E-state index contributed by atoms with van der Waals surface area (Å²) in [6.07, 6.45) is 2.11. The molecule has 0 bridgehead atoms. The molecular weight excluding hydrogens is 293 g/mol. The van der Waals surface area contributed by atoms with Gasteiger partial charge in [-0.3, -0.25) is 0 Å². The van der Waals surface area contributed by atoms with Crippen molar-refractivity contribution in [3.63, 3.8) is 0 Å². The van der Waals surface area contributed by atoms with E-state index in [0.29, 0.717) is 6.61 Å². The van der Waals surface area contributed by atoms with E-state index in [1.807, 2.05) is 18.2 Å². The molecule has 0 amide bonds. The van der Waals surface area contributed by atoms with Gasteiger partial charge in [-0.1, -0.05) is 0 Å². The lowest BCUT2D eigenvalue weighted by Gasteiger charge is -2.12. The van der Waals surface area contributed by atoms with Crippen LogP contribution in [0.1, 0.15) is 12.8 Å². The molecule has 0 aromatic heterocycles. The molecule has 0 aliphatic heterocycles. The van der Waals surface area contributed by atoms with Gasteiger partial charge in [0.25, 0.3) is 0 Å². The van der Waals surface area contributed by atoms with Gasteiger partial charge in [-0.05, 0) is 40.9 Å². The molecule has 2 rings (SSSR count). The fraction of sp³-hybridized carbons (Fsp3) is 0.455. The molecule has 16 heavy (non-hydrogen) atoms. The van der Waals surface area contributed by atoms with E-state index in [1.165, 1.54) is 0 Å². The van der Waals surface area contributed by atoms with E-state index in [2.05, 4.69) is 15.9 Å². The molecule has 1 aliphatic rings. The Bertz CT molecular complexity index is 369.